The van der Waals surface area contributed by atoms with Gasteiger partial charge >= 0.3 is 0 Å². The van der Waals surface area contributed by atoms with Crippen LogP contribution in [0, 0.1) is 0 Å². The standard InChI is InChI=1S/C8H8OS.C6H12N2O2S.C4H10N2OS/c1-7(9)10-8-5-3-2-4-6-8;1-4(9)8-5(3-11)6(10)7-2;1-6-4(7)3(5)2-8/h2-6H,1H3;5,11H,3H2,1-2H3,(H,7,10)(H,8,9);3,8H,2,5H2,1H3,(H,6,7)/t;5-;3-/m.00/s1. The minimum atomic E-state index is -0.527. The van der Waals surface area contributed by atoms with Gasteiger partial charge in [-0.15, -0.1) is 0 Å². The minimum absolute atomic E-state index is 0.131. The number of benzene rings is 1. The molecule has 0 saturated carbocycles. The van der Waals surface area contributed by atoms with E-state index in [0.29, 0.717) is 11.5 Å². The average molecular weight is 463 g/mol. The highest BCUT2D eigenvalue weighted by atomic mass is 32.2. The van der Waals surface area contributed by atoms with Gasteiger partial charge in [-0.2, -0.15) is 25.3 Å². The van der Waals surface area contributed by atoms with Crippen molar-refractivity contribution in [1.29, 1.82) is 0 Å². The average Bonchev–Trinajstić information content (AvgIpc) is 2.71. The zero-order chi connectivity index (χ0) is 22.8. The van der Waals surface area contributed by atoms with Crippen molar-refractivity contribution in [1.82, 2.24) is 16.0 Å². The van der Waals surface area contributed by atoms with Gasteiger partial charge in [-0.25, -0.2) is 0 Å². The van der Waals surface area contributed by atoms with E-state index in [2.05, 4.69) is 41.2 Å². The highest BCUT2D eigenvalue weighted by Crippen LogP contribution is 2.16. The predicted molar refractivity (Wildman–Crippen MR) is 124 cm³/mol. The predicted octanol–water partition coefficient (Wildman–Crippen LogP) is 0.482. The zero-order valence-electron chi connectivity index (χ0n) is 17.0. The molecule has 0 unspecified atom stereocenters. The van der Waals surface area contributed by atoms with Gasteiger partial charge in [0.15, 0.2) is 5.12 Å². The van der Waals surface area contributed by atoms with E-state index in [1.165, 1.54) is 25.7 Å². The van der Waals surface area contributed by atoms with Crippen molar-refractivity contribution in [2.75, 3.05) is 25.6 Å². The van der Waals surface area contributed by atoms with Gasteiger partial charge in [-0.3, -0.25) is 19.2 Å². The molecular formula is C18H30N4O4S3. The second-order valence-electron chi connectivity index (χ2n) is 5.36. The number of carbonyl (C=O) groups excluding carboxylic acids is 4. The largest absolute Gasteiger partial charge is 0.358 e. The summed E-state index contributed by atoms with van der Waals surface area (Å²) < 4.78 is 0. The Morgan fingerprint density at radius 1 is 0.966 bits per heavy atom. The first-order valence-electron chi connectivity index (χ1n) is 8.53. The Balaban J connectivity index is 0. The molecule has 0 fully saturated rings. The van der Waals surface area contributed by atoms with E-state index >= 15 is 0 Å². The maximum absolute atomic E-state index is 10.9. The molecule has 0 aliphatic rings. The second-order valence-corrected chi connectivity index (χ2v) is 7.34. The second kappa shape index (κ2) is 18.3. The molecule has 29 heavy (non-hydrogen) atoms. The smallest absolute Gasteiger partial charge is 0.243 e. The third-order valence-electron chi connectivity index (χ3n) is 2.91. The molecule has 1 aromatic carbocycles. The van der Waals surface area contributed by atoms with Crippen LogP contribution in [0.1, 0.15) is 13.8 Å². The lowest BCUT2D eigenvalue weighted by Crippen LogP contribution is -2.46. The fraction of sp³-hybridized carbons (Fsp3) is 0.444. The molecule has 5 N–H and O–H groups in total. The van der Waals surface area contributed by atoms with Gasteiger partial charge in [0, 0.05) is 44.3 Å². The molecule has 0 aromatic heterocycles. The van der Waals surface area contributed by atoms with Crippen LogP contribution in [0.3, 0.4) is 0 Å². The summed E-state index contributed by atoms with van der Waals surface area (Å²) in [6, 6.07) is 8.63. The molecule has 164 valence electrons. The molecule has 0 aliphatic heterocycles. The lowest BCUT2D eigenvalue weighted by Gasteiger charge is -2.12. The van der Waals surface area contributed by atoms with Gasteiger partial charge in [0.05, 0.1) is 6.04 Å². The maximum Gasteiger partial charge on any atom is 0.243 e. The Hall–Kier alpha value is -1.69. The van der Waals surface area contributed by atoms with E-state index in [1.807, 2.05) is 30.3 Å². The monoisotopic (exact) mass is 462 g/mol. The Labute approximate surface area is 187 Å². The number of nitrogens with one attached hydrogen (secondary N) is 3. The van der Waals surface area contributed by atoms with E-state index in [0.717, 1.165) is 4.90 Å². The third-order valence-corrected chi connectivity index (χ3v) is 4.46. The quantitative estimate of drug-likeness (QED) is 0.269. The number of amides is 3. The number of carbonyl (C=O) groups is 4. The van der Waals surface area contributed by atoms with E-state index in [-0.39, 0.29) is 22.8 Å². The Morgan fingerprint density at radius 2 is 1.48 bits per heavy atom. The van der Waals surface area contributed by atoms with Crippen LogP contribution in [-0.2, 0) is 19.2 Å². The topological polar surface area (TPSA) is 130 Å². The van der Waals surface area contributed by atoms with Crippen LogP contribution in [0.15, 0.2) is 35.2 Å². The summed E-state index contributed by atoms with van der Waals surface area (Å²) in [5, 5.41) is 7.41. The molecule has 0 spiro atoms. The first kappa shape index (κ1) is 29.5. The molecule has 11 heteroatoms. The first-order valence-corrected chi connectivity index (χ1v) is 10.6. The molecule has 0 heterocycles. The van der Waals surface area contributed by atoms with Crippen molar-refractivity contribution in [2.45, 2.75) is 30.8 Å². The third kappa shape index (κ3) is 16.9. The van der Waals surface area contributed by atoms with Crippen molar-refractivity contribution < 1.29 is 19.2 Å². The maximum atomic E-state index is 10.9. The van der Waals surface area contributed by atoms with Gasteiger partial charge in [-0.1, -0.05) is 30.0 Å². The number of hydrogen-bond donors (Lipinski definition) is 6. The molecule has 1 aromatic rings. The number of hydrogen-bond acceptors (Lipinski definition) is 8. The molecule has 0 saturated heterocycles. The summed E-state index contributed by atoms with van der Waals surface area (Å²) in [6.07, 6.45) is 0. The van der Waals surface area contributed by atoms with Crippen molar-refractivity contribution in [3.8, 4) is 0 Å². The summed E-state index contributed by atoms with van der Waals surface area (Å²) >= 11 is 8.99. The molecule has 8 nitrogen and oxygen atoms in total. The van der Waals surface area contributed by atoms with Gasteiger partial charge in [0.1, 0.15) is 6.04 Å². The summed E-state index contributed by atoms with van der Waals surface area (Å²) in [6.45, 7) is 2.93. The van der Waals surface area contributed by atoms with Crippen LogP contribution >= 0.6 is 37.0 Å². The molecule has 0 radical (unpaired) electrons. The number of thioether (sulfide) groups is 1. The van der Waals surface area contributed by atoms with E-state index < -0.39 is 12.1 Å². The normalized spacial score (nSPS) is 11.3. The van der Waals surface area contributed by atoms with Crippen LogP contribution in [-0.4, -0.2) is 60.5 Å². The Kier molecular flexibility index (Phi) is 18.7. The Morgan fingerprint density at radius 3 is 1.79 bits per heavy atom. The summed E-state index contributed by atoms with van der Waals surface area (Å²) in [5.41, 5.74) is 5.24. The number of likely N-dealkylation sites (N-methyl/N-ethyl adjacent to an activating group) is 2. The van der Waals surface area contributed by atoms with Crippen molar-refractivity contribution in [2.24, 2.45) is 5.73 Å². The van der Waals surface area contributed by atoms with Crippen LogP contribution in [0.4, 0.5) is 0 Å². The number of nitrogens with two attached hydrogens (primary N) is 1. The number of thiol groups is 2. The van der Waals surface area contributed by atoms with Crippen LogP contribution in [0.2, 0.25) is 0 Å². The SMILES string of the molecule is CC(=O)Sc1ccccc1.CNC(=O)[C@@H](N)CS.CNC(=O)[C@H](CS)NC(C)=O. The van der Waals surface area contributed by atoms with E-state index in [1.54, 1.807) is 14.0 Å². The molecule has 3 amide bonds. The number of rotatable bonds is 6. The van der Waals surface area contributed by atoms with Crippen LogP contribution in [0.25, 0.3) is 0 Å². The highest BCUT2D eigenvalue weighted by molar-refractivity contribution is 8.13. The van der Waals surface area contributed by atoms with E-state index in [9.17, 15) is 19.2 Å². The molecular weight excluding hydrogens is 432 g/mol. The van der Waals surface area contributed by atoms with Gasteiger partial charge in [0.25, 0.3) is 0 Å². The van der Waals surface area contributed by atoms with Crippen LogP contribution in [0.5, 0.6) is 0 Å². The zero-order valence-corrected chi connectivity index (χ0v) is 19.6. The fourth-order valence-electron chi connectivity index (χ4n) is 1.54. The highest BCUT2D eigenvalue weighted by Gasteiger charge is 2.15. The summed E-state index contributed by atoms with van der Waals surface area (Å²) in [5.74, 6) is 0.0710. The van der Waals surface area contributed by atoms with Crippen LogP contribution < -0.4 is 21.7 Å². The molecule has 1 rings (SSSR count). The summed E-state index contributed by atoms with van der Waals surface area (Å²) in [4.78, 5) is 43.5. The van der Waals surface area contributed by atoms with Crippen molar-refractivity contribution >= 4 is 59.9 Å². The minimum Gasteiger partial charge on any atom is -0.358 e. The first-order chi connectivity index (χ1) is 13.6. The molecule has 0 aliphatic carbocycles. The molecule has 0 bridgehead atoms. The van der Waals surface area contributed by atoms with Gasteiger partial charge < -0.3 is 21.7 Å². The van der Waals surface area contributed by atoms with Gasteiger partial charge in [-0.05, 0) is 12.1 Å². The van der Waals surface area contributed by atoms with Crippen molar-refractivity contribution in [3.05, 3.63) is 30.3 Å². The van der Waals surface area contributed by atoms with Crippen molar-refractivity contribution in [3.63, 3.8) is 0 Å². The Bertz CT molecular complexity index is 633. The lowest BCUT2D eigenvalue weighted by atomic mass is 10.3. The summed E-state index contributed by atoms with van der Waals surface area (Å²) in [7, 11) is 3.06. The lowest BCUT2D eigenvalue weighted by molar-refractivity contribution is -0.127. The fourth-order valence-corrected chi connectivity index (χ4v) is 2.58. The molecule has 2 atom stereocenters. The van der Waals surface area contributed by atoms with E-state index in [4.69, 9.17) is 5.73 Å². The van der Waals surface area contributed by atoms with Gasteiger partial charge in [0.2, 0.25) is 17.7 Å².